The monoisotopic (exact) mass is 312 g/mol. The number of hydrogen-bond acceptors (Lipinski definition) is 7. The van der Waals surface area contributed by atoms with Crippen LogP contribution in [-0.2, 0) is 23.8 Å². The Morgan fingerprint density at radius 3 is 1.14 bits per heavy atom. The number of nitrogens with one attached hydrogen (secondary N) is 2. The van der Waals surface area contributed by atoms with Crippen molar-refractivity contribution in [2.45, 2.75) is 56.8 Å². The molecule has 2 aliphatic rings. The van der Waals surface area contributed by atoms with Gasteiger partial charge in [0.25, 0.3) is 0 Å². The molecule has 0 radical (unpaired) electrons. The first-order chi connectivity index (χ1) is 7.28. The molecule has 0 aromatic carbocycles. The third kappa shape index (κ3) is 45.6. The van der Waals surface area contributed by atoms with Crippen molar-refractivity contribution in [3.63, 3.8) is 0 Å². The largest absolute Gasteiger partial charge is 0.376 e. The predicted molar refractivity (Wildman–Crippen MR) is 87.5 cm³/mol. The van der Waals surface area contributed by atoms with Gasteiger partial charge in [0.2, 0.25) is 12.2 Å². The Morgan fingerprint density at radius 1 is 0.810 bits per heavy atom. The fourth-order valence-electron chi connectivity index (χ4n) is 0.659. The standard InChI is InChI=1S/C6H10O3.2CHNO.6CH4/c1(5-3-8-5)7-2-6-4-9-6;2*2-1-3;;;;;;/h5-6H,1-4H2;2*2H;6*1H4. The van der Waals surface area contributed by atoms with E-state index in [0.717, 1.165) is 38.6 Å². The van der Waals surface area contributed by atoms with Crippen molar-refractivity contribution in [3.05, 3.63) is 0 Å². The minimum absolute atomic E-state index is 0. The number of hydrogen-bond donors (Lipinski definition) is 2. The summed E-state index contributed by atoms with van der Waals surface area (Å²) in [4.78, 5) is 16.7. The topological polar surface area (TPSA) is 116 Å². The van der Waals surface area contributed by atoms with Crippen LogP contribution in [0.2, 0.25) is 0 Å². The SMILES string of the molecule is C.C.C.C.C.C.C(OCC1CO1)C1CO1.N=C=O.N=C=O. The Labute approximate surface area is 131 Å². The third-order valence-electron chi connectivity index (χ3n) is 1.41. The molecule has 2 saturated heterocycles. The molecule has 2 N–H and O–H groups in total. The van der Waals surface area contributed by atoms with Gasteiger partial charge in [0.1, 0.15) is 12.2 Å². The highest BCUT2D eigenvalue weighted by atomic mass is 16.6. The first kappa shape index (κ1) is 42.7. The van der Waals surface area contributed by atoms with Gasteiger partial charge in [0.05, 0.1) is 26.4 Å². The Morgan fingerprint density at radius 2 is 1.00 bits per heavy atom. The normalized spacial score (nSPS) is 17.3. The van der Waals surface area contributed by atoms with Crippen LogP contribution in [0.4, 0.5) is 0 Å². The van der Waals surface area contributed by atoms with Gasteiger partial charge in [-0.2, -0.15) is 0 Å². The fourth-order valence-corrected chi connectivity index (χ4v) is 0.659. The highest BCUT2D eigenvalue weighted by Crippen LogP contribution is 2.12. The molecule has 21 heavy (non-hydrogen) atoms. The molecule has 0 aromatic heterocycles. The van der Waals surface area contributed by atoms with Gasteiger partial charge in [0, 0.05) is 0 Å². The van der Waals surface area contributed by atoms with Crippen LogP contribution in [0.1, 0.15) is 44.6 Å². The van der Waals surface area contributed by atoms with E-state index in [1.165, 1.54) is 0 Å². The molecule has 0 amide bonds. The zero-order valence-electron chi connectivity index (χ0n) is 8.02. The van der Waals surface area contributed by atoms with E-state index >= 15 is 0 Å². The molecule has 2 aliphatic heterocycles. The summed E-state index contributed by atoms with van der Waals surface area (Å²) in [6.07, 6.45) is 2.28. The molecular formula is C14H36N2O5. The number of isocyanates is 2. The summed E-state index contributed by atoms with van der Waals surface area (Å²) in [5.74, 6) is 0. The molecule has 0 aromatic rings. The summed E-state index contributed by atoms with van der Waals surface area (Å²) in [6.45, 7) is 3.26. The second-order valence-corrected chi connectivity index (χ2v) is 2.65. The molecular weight excluding hydrogens is 276 g/mol. The summed E-state index contributed by atoms with van der Waals surface area (Å²) in [7, 11) is 0. The second kappa shape index (κ2) is 31.2. The van der Waals surface area contributed by atoms with E-state index in [9.17, 15) is 0 Å². The summed E-state index contributed by atoms with van der Waals surface area (Å²) >= 11 is 0. The van der Waals surface area contributed by atoms with Gasteiger partial charge >= 0.3 is 0 Å². The van der Waals surface area contributed by atoms with Gasteiger partial charge in [-0.15, -0.1) is 0 Å². The van der Waals surface area contributed by atoms with E-state index in [1.807, 2.05) is 0 Å². The molecule has 132 valence electrons. The van der Waals surface area contributed by atoms with E-state index in [1.54, 1.807) is 0 Å². The van der Waals surface area contributed by atoms with Gasteiger partial charge in [0.15, 0.2) is 0 Å². The average Bonchev–Trinajstić information content (AvgIpc) is 3.01. The summed E-state index contributed by atoms with van der Waals surface area (Å²) < 4.78 is 15.1. The minimum atomic E-state index is 0. The first-order valence-corrected chi connectivity index (χ1v) is 4.17. The second-order valence-electron chi connectivity index (χ2n) is 2.65. The van der Waals surface area contributed by atoms with Crippen LogP contribution in [0.3, 0.4) is 0 Å². The maximum absolute atomic E-state index is 8.35. The fraction of sp³-hybridized carbons (Fsp3) is 0.857. The lowest BCUT2D eigenvalue weighted by Gasteiger charge is -1.95. The Balaban J connectivity index is -0.0000000296. The average molecular weight is 312 g/mol. The molecule has 0 aliphatic carbocycles. The van der Waals surface area contributed by atoms with Gasteiger partial charge < -0.3 is 14.2 Å². The molecule has 7 nitrogen and oxygen atoms in total. The lowest BCUT2D eigenvalue weighted by atomic mass is 10.5. The van der Waals surface area contributed by atoms with E-state index < -0.39 is 0 Å². The van der Waals surface area contributed by atoms with Gasteiger partial charge in [-0.05, 0) is 0 Å². The number of rotatable bonds is 4. The van der Waals surface area contributed by atoms with E-state index in [4.69, 9.17) is 34.6 Å². The van der Waals surface area contributed by atoms with Crippen molar-refractivity contribution < 1.29 is 23.8 Å². The zero-order chi connectivity index (χ0) is 11.5. The lowest BCUT2D eigenvalue weighted by Crippen LogP contribution is -2.06. The van der Waals surface area contributed by atoms with Crippen molar-refractivity contribution in [1.29, 1.82) is 10.8 Å². The van der Waals surface area contributed by atoms with E-state index in [-0.39, 0.29) is 44.6 Å². The third-order valence-corrected chi connectivity index (χ3v) is 1.41. The van der Waals surface area contributed by atoms with Gasteiger partial charge in [-0.25, -0.2) is 20.4 Å². The van der Waals surface area contributed by atoms with Crippen molar-refractivity contribution in [2.75, 3.05) is 26.4 Å². The first-order valence-electron chi connectivity index (χ1n) is 4.17. The molecule has 0 saturated carbocycles. The Bertz CT molecular complexity index is 206. The molecule has 0 spiro atoms. The highest BCUT2D eigenvalue weighted by molar-refractivity contribution is 5.26. The maximum Gasteiger partial charge on any atom is 0.231 e. The number of ether oxygens (including phenoxy) is 3. The summed E-state index contributed by atoms with van der Waals surface area (Å²) in [6, 6.07) is 0. The lowest BCUT2D eigenvalue weighted by molar-refractivity contribution is 0.102. The van der Waals surface area contributed by atoms with Gasteiger partial charge in [-0.3, -0.25) is 0 Å². The van der Waals surface area contributed by atoms with Crippen LogP contribution >= 0.6 is 0 Å². The minimum Gasteiger partial charge on any atom is -0.376 e. The van der Waals surface area contributed by atoms with Crippen LogP contribution in [0.25, 0.3) is 0 Å². The maximum atomic E-state index is 8.35. The zero-order valence-corrected chi connectivity index (χ0v) is 8.02. The summed E-state index contributed by atoms with van der Waals surface area (Å²) in [5, 5.41) is 10.8. The molecule has 2 atom stereocenters. The Kier molecular flexibility index (Phi) is 63.4. The Hall–Kier alpha value is -1.36. The quantitative estimate of drug-likeness (QED) is 0.468. The van der Waals surface area contributed by atoms with Crippen LogP contribution < -0.4 is 0 Å². The number of epoxide rings is 2. The molecule has 2 unspecified atom stereocenters. The van der Waals surface area contributed by atoms with Crippen molar-refractivity contribution in [3.8, 4) is 0 Å². The highest BCUT2D eigenvalue weighted by Gasteiger charge is 2.26. The van der Waals surface area contributed by atoms with Crippen LogP contribution in [0.5, 0.6) is 0 Å². The van der Waals surface area contributed by atoms with Crippen LogP contribution in [0.15, 0.2) is 0 Å². The van der Waals surface area contributed by atoms with Crippen LogP contribution in [-0.4, -0.2) is 50.8 Å². The smallest absolute Gasteiger partial charge is 0.231 e. The van der Waals surface area contributed by atoms with Gasteiger partial charge in [-0.1, -0.05) is 44.6 Å². The molecule has 2 rings (SSSR count). The van der Waals surface area contributed by atoms with Crippen molar-refractivity contribution >= 4 is 12.2 Å². The van der Waals surface area contributed by atoms with E-state index in [2.05, 4.69) is 0 Å². The predicted octanol–water partition coefficient (Wildman–Crippen LogP) is 3.42. The van der Waals surface area contributed by atoms with Crippen molar-refractivity contribution in [2.24, 2.45) is 0 Å². The van der Waals surface area contributed by atoms with Crippen molar-refractivity contribution in [1.82, 2.24) is 0 Å². The summed E-state index contributed by atoms with van der Waals surface area (Å²) in [5.41, 5.74) is 0. The number of carbonyl (C=O) groups excluding carboxylic acids is 2. The van der Waals surface area contributed by atoms with E-state index in [0.29, 0.717) is 12.2 Å². The molecule has 2 fully saturated rings. The molecule has 7 heteroatoms. The molecule has 0 bridgehead atoms. The molecule has 2 heterocycles. The van der Waals surface area contributed by atoms with Crippen LogP contribution in [0, 0.1) is 10.8 Å².